The van der Waals surface area contributed by atoms with E-state index in [1.807, 2.05) is 24.3 Å². The zero-order valence-electron chi connectivity index (χ0n) is 13.3. The third-order valence-electron chi connectivity index (χ3n) is 4.11. The smallest absolute Gasteiger partial charge is 0.331 e. The van der Waals surface area contributed by atoms with Crippen LogP contribution in [0, 0.1) is 5.92 Å². The highest BCUT2D eigenvalue weighted by molar-refractivity contribution is 9.10. The Hall–Kier alpha value is -1.62. The summed E-state index contributed by atoms with van der Waals surface area (Å²) in [6.07, 6.45) is 7.50. The molecule has 23 heavy (non-hydrogen) atoms. The largest absolute Gasteiger partial charge is 0.452 e. The topological polar surface area (TPSA) is 55.4 Å². The normalized spacial score (nSPS) is 21.1. The number of rotatable bonds is 5. The standard InChI is InChI=1S/C18H22BrNO3/c1-13-6-2-5-9-16(13)20-17(21)12-23-18(22)11-10-14-7-3-4-8-15(14)19/h3-4,7-8,10-11,13,16H,2,5-6,9,12H2,1H3,(H,20,21)/b11-10+/t13-,16-/m0/s1. The van der Waals surface area contributed by atoms with Gasteiger partial charge < -0.3 is 10.1 Å². The molecule has 1 aromatic rings. The van der Waals surface area contributed by atoms with Gasteiger partial charge in [0.15, 0.2) is 6.61 Å². The molecule has 0 radical (unpaired) electrons. The predicted octanol–water partition coefficient (Wildman–Crippen LogP) is 3.70. The minimum absolute atomic E-state index is 0.200. The molecule has 1 aliphatic rings. The minimum atomic E-state index is -0.521. The summed E-state index contributed by atoms with van der Waals surface area (Å²) >= 11 is 3.40. The van der Waals surface area contributed by atoms with Crippen LogP contribution in [0.4, 0.5) is 0 Å². The highest BCUT2D eigenvalue weighted by Crippen LogP contribution is 2.23. The van der Waals surface area contributed by atoms with Gasteiger partial charge in [0.1, 0.15) is 0 Å². The second-order valence-electron chi connectivity index (χ2n) is 5.90. The van der Waals surface area contributed by atoms with Gasteiger partial charge in [-0.2, -0.15) is 0 Å². The van der Waals surface area contributed by atoms with Crippen LogP contribution in [0.1, 0.15) is 38.2 Å². The first-order chi connectivity index (χ1) is 11.1. The maximum Gasteiger partial charge on any atom is 0.331 e. The van der Waals surface area contributed by atoms with Crippen molar-refractivity contribution in [2.45, 2.75) is 38.6 Å². The van der Waals surface area contributed by atoms with E-state index >= 15 is 0 Å². The van der Waals surface area contributed by atoms with Crippen molar-refractivity contribution in [2.75, 3.05) is 6.61 Å². The van der Waals surface area contributed by atoms with Crippen molar-refractivity contribution in [1.82, 2.24) is 5.32 Å². The number of nitrogens with one attached hydrogen (secondary N) is 1. The number of amides is 1. The molecular formula is C18H22BrNO3. The molecule has 0 aromatic heterocycles. The molecule has 1 saturated carbocycles. The van der Waals surface area contributed by atoms with Crippen molar-refractivity contribution in [3.63, 3.8) is 0 Å². The molecule has 0 bridgehead atoms. The summed E-state index contributed by atoms with van der Waals surface area (Å²) in [5.41, 5.74) is 0.880. The van der Waals surface area contributed by atoms with Gasteiger partial charge >= 0.3 is 5.97 Å². The number of hydrogen-bond donors (Lipinski definition) is 1. The van der Waals surface area contributed by atoms with Crippen LogP contribution in [0.2, 0.25) is 0 Å². The molecule has 0 unspecified atom stereocenters. The van der Waals surface area contributed by atoms with Gasteiger partial charge in [-0.1, -0.05) is 53.9 Å². The number of esters is 1. The molecule has 2 rings (SSSR count). The van der Waals surface area contributed by atoms with Crippen LogP contribution in [0.5, 0.6) is 0 Å². The van der Waals surface area contributed by atoms with E-state index in [9.17, 15) is 9.59 Å². The number of halogens is 1. The van der Waals surface area contributed by atoms with Gasteiger partial charge in [0.25, 0.3) is 5.91 Å². The molecule has 0 spiro atoms. The molecule has 1 aliphatic carbocycles. The number of benzene rings is 1. The quantitative estimate of drug-likeness (QED) is 0.626. The monoisotopic (exact) mass is 379 g/mol. The van der Waals surface area contributed by atoms with Crippen molar-refractivity contribution in [2.24, 2.45) is 5.92 Å². The molecule has 1 fully saturated rings. The molecule has 1 aromatic carbocycles. The summed E-state index contributed by atoms with van der Waals surface area (Å²) in [6.45, 7) is 1.92. The highest BCUT2D eigenvalue weighted by atomic mass is 79.9. The number of hydrogen-bond acceptors (Lipinski definition) is 3. The summed E-state index contributed by atoms with van der Waals surface area (Å²) < 4.78 is 5.89. The minimum Gasteiger partial charge on any atom is -0.452 e. The molecular weight excluding hydrogens is 358 g/mol. The Labute approximate surface area is 145 Å². The predicted molar refractivity (Wildman–Crippen MR) is 93.7 cm³/mol. The van der Waals surface area contributed by atoms with Gasteiger partial charge in [-0.3, -0.25) is 4.79 Å². The Bertz CT molecular complexity index is 585. The molecule has 0 aliphatic heterocycles. The number of carbonyl (C=O) groups is 2. The Morgan fingerprint density at radius 1 is 1.30 bits per heavy atom. The van der Waals surface area contributed by atoms with Crippen molar-refractivity contribution >= 4 is 33.9 Å². The summed E-state index contributed by atoms with van der Waals surface area (Å²) in [7, 11) is 0. The Kier molecular flexibility index (Phi) is 6.84. The lowest BCUT2D eigenvalue weighted by Gasteiger charge is -2.29. The van der Waals surface area contributed by atoms with E-state index in [0.29, 0.717) is 5.92 Å². The Morgan fingerprint density at radius 3 is 2.78 bits per heavy atom. The van der Waals surface area contributed by atoms with Gasteiger partial charge in [-0.25, -0.2) is 4.79 Å². The molecule has 1 amide bonds. The molecule has 0 heterocycles. The average molecular weight is 380 g/mol. The van der Waals surface area contributed by atoms with E-state index in [1.165, 1.54) is 12.5 Å². The van der Waals surface area contributed by atoms with E-state index in [4.69, 9.17) is 4.74 Å². The summed E-state index contributed by atoms with van der Waals surface area (Å²) in [4.78, 5) is 23.6. The lowest BCUT2D eigenvalue weighted by molar-refractivity contribution is -0.144. The van der Waals surface area contributed by atoms with E-state index in [0.717, 1.165) is 29.3 Å². The first-order valence-corrected chi connectivity index (χ1v) is 8.74. The number of carbonyl (C=O) groups excluding carboxylic acids is 2. The van der Waals surface area contributed by atoms with Gasteiger partial charge in [0, 0.05) is 16.6 Å². The van der Waals surface area contributed by atoms with Gasteiger partial charge in [0.2, 0.25) is 0 Å². The van der Waals surface area contributed by atoms with E-state index < -0.39 is 5.97 Å². The first kappa shape index (κ1) is 17.7. The highest BCUT2D eigenvalue weighted by Gasteiger charge is 2.22. The zero-order chi connectivity index (χ0) is 16.7. The molecule has 0 saturated heterocycles. The fourth-order valence-corrected chi connectivity index (χ4v) is 3.15. The molecule has 124 valence electrons. The SMILES string of the molecule is C[C@H]1CCCC[C@@H]1NC(=O)COC(=O)/C=C/c1ccccc1Br. The van der Waals surface area contributed by atoms with Crippen molar-refractivity contribution < 1.29 is 14.3 Å². The van der Waals surface area contributed by atoms with Crippen molar-refractivity contribution in [3.05, 3.63) is 40.4 Å². The van der Waals surface area contributed by atoms with Crippen LogP contribution < -0.4 is 5.32 Å². The Balaban J connectivity index is 1.75. The van der Waals surface area contributed by atoms with E-state index in [2.05, 4.69) is 28.2 Å². The molecule has 5 heteroatoms. The second kappa shape index (κ2) is 8.87. The molecule has 4 nitrogen and oxygen atoms in total. The van der Waals surface area contributed by atoms with Crippen molar-refractivity contribution in [3.8, 4) is 0 Å². The maximum absolute atomic E-state index is 11.9. The van der Waals surface area contributed by atoms with Crippen LogP contribution in [0.25, 0.3) is 6.08 Å². The third-order valence-corrected chi connectivity index (χ3v) is 4.83. The first-order valence-electron chi connectivity index (χ1n) is 7.95. The average Bonchev–Trinajstić information content (AvgIpc) is 2.54. The van der Waals surface area contributed by atoms with E-state index in [-0.39, 0.29) is 18.6 Å². The fourth-order valence-electron chi connectivity index (χ4n) is 2.73. The number of ether oxygens (including phenoxy) is 1. The van der Waals surface area contributed by atoms with Gasteiger partial charge in [-0.05, 0) is 36.5 Å². The third kappa shape index (κ3) is 5.82. The zero-order valence-corrected chi connectivity index (χ0v) is 14.8. The lowest BCUT2D eigenvalue weighted by Crippen LogP contribution is -2.42. The fraction of sp³-hybridized carbons (Fsp3) is 0.444. The van der Waals surface area contributed by atoms with Crippen LogP contribution in [-0.2, 0) is 14.3 Å². The molecule has 1 N–H and O–H groups in total. The van der Waals surface area contributed by atoms with Crippen LogP contribution in [-0.4, -0.2) is 24.5 Å². The summed E-state index contributed by atoms with van der Waals surface area (Å²) in [5, 5.41) is 2.96. The second-order valence-corrected chi connectivity index (χ2v) is 6.75. The Morgan fingerprint density at radius 2 is 2.04 bits per heavy atom. The van der Waals surface area contributed by atoms with Crippen LogP contribution in [0.15, 0.2) is 34.8 Å². The van der Waals surface area contributed by atoms with Gasteiger partial charge in [0.05, 0.1) is 0 Å². The maximum atomic E-state index is 11.9. The summed E-state index contributed by atoms with van der Waals surface area (Å²) in [5.74, 6) is -0.266. The van der Waals surface area contributed by atoms with Crippen LogP contribution >= 0.6 is 15.9 Å². The van der Waals surface area contributed by atoms with Crippen LogP contribution in [0.3, 0.4) is 0 Å². The van der Waals surface area contributed by atoms with Crippen molar-refractivity contribution in [1.29, 1.82) is 0 Å². The van der Waals surface area contributed by atoms with Gasteiger partial charge in [-0.15, -0.1) is 0 Å². The summed E-state index contributed by atoms with van der Waals surface area (Å²) in [6, 6.07) is 7.76. The lowest BCUT2D eigenvalue weighted by atomic mass is 9.86. The molecule has 2 atom stereocenters. The van der Waals surface area contributed by atoms with E-state index in [1.54, 1.807) is 6.08 Å².